The van der Waals surface area contributed by atoms with Crippen LogP contribution in [0, 0.1) is 12.7 Å². The van der Waals surface area contributed by atoms with Crippen molar-refractivity contribution in [2.45, 2.75) is 31.7 Å². The molecule has 0 aliphatic heterocycles. The average Bonchev–Trinajstić information content (AvgIpc) is 2.31. The standard InChI is InChI=1S/C12H18BrFN2O2S.ClH/c1-4-15-9(3)7-16-19(17,18)12-6-10(13)11(14)5-8(12)2;/h5-6,9,15-16H,4,7H2,1-3H3;1H/t9-;/m1./s1. The molecule has 0 aromatic heterocycles. The van der Waals surface area contributed by atoms with Crippen molar-refractivity contribution in [2.24, 2.45) is 0 Å². The van der Waals surface area contributed by atoms with Crippen molar-refractivity contribution >= 4 is 38.4 Å². The van der Waals surface area contributed by atoms with Crippen molar-refractivity contribution in [1.29, 1.82) is 0 Å². The van der Waals surface area contributed by atoms with Crippen LogP contribution in [0.15, 0.2) is 21.5 Å². The molecule has 0 spiro atoms. The molecule has 0 saturated carbocycles. The Morgan fingerprint density at radius 2 is 2.00 bits per heavy atom. The zero-order chi connectivity index (χ0) is 14.6. The van der Waals surface area contributed by atoms with Gasteiger partial charge in [0.25, 0.3) is 0 Å². The summed E-state index contributed by atoms with van der Waals surface area (Å²) in [5.41, 5.74) is 0.379. The summed E-state index contributed by atoms with van der Waals surface area (Å²) in [4.78, 5) is 0.0875. The minimum atomic E-state index is -3.63. The number of aryl methyl sites for hydroxylation is 1. The molecule has 2 N–H and O–H groups in total. The Morgan fingerprint density at radius 3 is 2.55 bits per heavy atom. The zero-order valence-corrected chi connectivity index (χ0v) is 14.8. The lowest BCUT2D eigenvalue weighted by molar-refractivity contribution is 0.535. The Kier molecular flexibility index (Phi) is 8.20. The zero-order valence-electron chi connectivity index (χ0n) is 11.5. The summed E-state index contributed by atoms with van der Waals surface area (Å²) in [6, 6.07) is 2.51. The fourth-order valence-corrected chi connectivity index (χ4v) is 3.53. The van der Waals surface area contributed by atoms with Crippen molar-refractivity contribution in [3.8, 4) is 0 Å². The third-order valence-corrected chi connectivity index (χ3v) is 4.81. The summed E-state index contributed by atoms with van der Waals surface area (Å²) in [6.07, 6.45) is 0. The van der Waals surface area contributed by atoms with Gasteiger partial charge in [-0.3, -0.25) is 0 Å². The molecule has 0 amide bonds. The molecule has 0 aliphatic rings. The van der Waals surface area contributed by atoms with Crippen LogP contribution in [0.1, 0.15) is 19.4 Å². The van der Waals surface area contributed by atoms with E-state index in [9.17, 15) is 12.8 Å². The highest BCUT2D eigenvalue weighted by Crippen LogP contribution is 2.23. The first-order valence-corrected chi connectivity index (χ1v) is 8.24. The third kappa shape index (κ3) is 5.29. The van der Waals surface area contributed by atoms with Gasteiger partial charge in [0, 0.05) is 12.6 Å². The second kappa shape index (κ2) is 8.29. The predicted molar refractivity (Wildman–Crippen MR) is 84.4 cm³/mol. The number of hydrogen-bond acceptors (Lipinski definition) is 3. The van der Waals surface area contributed by atoms with Crippen LogP contribution in [0.3, 0.4) is 0 Å². The van der Waals surface area contributed by atoms with E-state index in [1.54, 1.807) is 6.92 Å². The van der Waals surface area contributed by atoms with E-state index in [2.05, 4.69) is 26.0 Å². The van der Waals surface area contributed by atoms with Gasteiger partial charge >= 0.3 is 0 Å². The van der Waals surface area contributed by atoms with E-state index in [0.717, 1.165) is 6.54 Å². The molecule has 0 aliphatic carbocycles. The molecule has 1 aromatic carbocycles. The Hall–Kier alpha value is -0.210. The first kappa shape index (κ1) is 19.8. The molecule has 0 heterocycles. The van der Waals surface area contributed by atoms with Gasteiger partial charge in [-0.15, -0.1) is 12.4 Å². The number of benzene rings is 1. The number of rotatable bonds is 6. The van der Waals surface area contributed by atoms with Crippen molar-refractivity contribution < 1.29 is 12.8 Å². The molecule has 1 aromatic rings. The van der Waals surface area contributed by atoms with E-state index in [-0.39, 0.29) is 34.4 Å². The van der Waals surface area contributed by atoms with Gasteiger partial charge in [-0.25, -0.2) is 17.5 Å². The van der Waals surface area contributed by atoms with Gasteiger partial charge < -0.3 is 5.32 Å². The van der Waals surface area contributed by atoms with E-state index >= 15 is 0 Å². The topological polar surface area (TPSA) is 58.2 Å². The van der Waals surface area contributed by atoms with Gasteiger partial charge in [-0.1, -0.05) is 6.92 Å². The molecule has 0 radical (unpaired) electrons. The van der Waals surface area contributed by atoms with Crippen LogP contribution in [-0.4, -0.2) is 27.5 Å². The van der Waals surface area contributed by atoms with Crippen LogP contribution in [0.2, 0.25) is 0 Å². The van der Waals surface area contributed by atoms with Crippen LogP contribution in [0.4, 0.5) is 4.39 Å². The number of hydrogen-bond donors (Lipinski definition) is 2. The maximum Gasteiger partial charge on any atom is 0.240 e. The highest BCUT2D eigenvalue weighted by atomic mass is 79.9. The predicted octanol–water partition coefficient (Wildman–Crippen LogP) is 2.59. The highest BCUT2D eigenvalue weighted by molar-refractivity contribution is 9.10. The molecular weight excluding hydrogens is 371 g/mol. The largest absolute Gasteiger partial charge is 0.313 e. The van der Waals surface area contributed by atoms with Gasteiger partial charge in [-0.05, 0) is 54.0 Å². The molecule has 4 nitrogen and oxygen atoms in total. The number of halogens is 3. The summed E-state index contributed by atoms with van der Waals surface area (Å²) in [7, 11) is -3.63. The fourth-order valence-electron chi connectivity index (χ4n) is 1.65. The molecule has 1 rings (SSSR count). The van der Waals surface area contributed by atoms with Crippen molar-refractivity contribution in [1.82, 2.24) is 10.0 Å². The monoisotopic (exact) mass is 388 g/mol. The van der Waals surface area contributed by atoms with Gasteiger partial charge in [0.15, 0.2) is 0 Å². The normalized spacial score (nSPS) is 12.8. The van der Waals surface area contributed by atoms with Crippen LogP contribution >= 0.6 is 28.3 Å². The van der Waals surface area contributed by atoms with Crippen molar-refractivity contribution in [3.05, 3.63) is 28.0 Å². The summed E-state index contributed by atoms with van der Waals surface area (Å²) in [5.74, 6) is -0.475. The highest BCUT2D eigenvalue weighted by Gasteiger charge is 2.19. The minimum Gasteiger partial charge on any atom is -0.313 e. The lowest BCUT2D eigenvalue weighted by Gasteiger charge is -2.15. The summed E-state index contributed by atoms with van der Waals surface area (Å²) >= 11 is 3.00. The van der Waals surface area contributed by atoms with Crippen molar-refractivity contribution in [2.75, 3.05) is 13.1 Å². The summed E-state index contributed by atoms with van der Waals surface area (Å²) in [6.45, 7) is 6.46. The molecule has 0 bridgehead atoms. The second-order valence-corrected chi connectivity index (χ2v) is 6.93. The molecule has 0 saturated heterocycles. The molecular formula is C12H19BrClFN2O2S. The summed E-state index contributed by atoms with van der Waals surface area (Å²) in [5, 5.41) is 3.11. The summed E-state index contributed by atoms with van der Waals surface area (Å²) < 4.78 is 40.2. The average molecular weight is 390 g/mol. The van der Waals surface area contributed by atoms with Crippen molar-refractivity contribution in [3.63, 3.8) is 0 Å². The van der Waals surface area contributed by atoms with E-state index in [1.807, 2.05) is 13.8 Å². The first-order valence-electron chi connectivity index (χ1n) is 5.96. The smallest absolute Gasteiger partial charge is 0.240 e. The Morgan fingerprint density at radius 1 is 1.40 bits per heavy atom. The van der Waals surface area contributed by atoms with E-state index in [1.165, 1.54) is 12.1 Å². The van der Waals surface area contributed by atoms with Crippen LogP contribution in [-0.2, 0) is 10.0 Å². The SMILES string of the molecule is CCN[C@H](C)CNS(=O)(=O)c1cc(Br)c(F)cc1C.Cl. The number of nitrogens with one attached hydrogen (secondary N) is 2. The van der Waals surface area contributed by atoms with Gasteiger partial charge in [-0.2, -0.15) is 0 Å². The lowest BCUT2D eigenvalue weighted by Crippen LogP contribution is -2.38. The molecule has 0 unspecified atom stereocenters. The van der Waals surface area contributed by atoms with E-state index < -0.39 is 15.8 Å². The maximum absolute atomic E-state index is 13.3. The number of sulfonamides is 1. The van der Waals surface area contributed by atoms with Crippen LogP contribution in [0.25, 0.3) is 0 Å². The lowest BCUT2D eigenvalue weighted by atomic mass is 10.2. The maximum atomic E-state index is 13.3. The van der Waals surface area contributed by atoms with Crippen LogP contribution in [0.5, 0.6) is 0 Å². The fraction of sp³-hybridized carbons (Fsp3) is 0.500. The minimum absolute atomic E-state index is 0. The third-order valence-electron chi connectivity index (χ3n) is 2.64. The second-order valence-electron chi connectivity index (χ2n) is 4.34. The molecule has 116 valence electrons. The van der Waals surface area contributed by atoms with Gasteiger partial charge in [0.2, 0.25) is 10.0 Å². The Bertz CT molecular complexity index is 555. The van der Waals surface area contributed by atoms with E-state index in [4.69, 9.17) is 0 Å². The van der Waals surface area contributed by atoms with E-state index in [0.29, 0.717) is 5.56 Å². The molecule has 1 atom stereocenters. The first-order chi connectivity index (χ1) is 8.77. The Labute approximate surface area is 134 Å². The molecule has 0 fully saturated rings. The van der Waals surface area contributed by atoms with Gasteiger partial charge in [0.1, 0.15) is 5.82 Å². The van der Waals surface area contributed by atoms with Gasteiger partial charge in [0.05, 0.1) is 9.37 Å². The van der Waals surface area contributed by atoms with Crippen LogP contribution < -0.4 is 10.0 Å². The quantitative estimate of drug-likeness (QED) is 0.786. The Balaban J connectivity index is 0.00000361. The molecule has 8 heteroatoms. The number of likely N-dealkylation sites (N-methyl/N-ethyl adjacent to an activating group) is 1. The molecule has 20 heavy (non-hydrogen) atoms.